The number of rotatable bonds is 5. The Morgan fingerprint density at radius 2 is 1.90 bits per heavy atom. The van der Waals surface area contributed by atoms with Crippen LogP contribution in [0.1, 0.15) is 28.7 Å². The van der Waals surface area contributed by atoms with Gasteiger partial charge >= 0.3 is 18.2 Å². The van der Waals surface area contributed by atoms with Crippen LogP contribution >= 0.6 is 11.6 Å². The van der Waals surface area contributed by atoms with Gasteiger partial charge in [-0.15, -0.1) is 10.2 Å². The maximum absolute atomic E-state index is 13.0. The molecule has 0 saturated heterocycles. The molecular weight excluding hydrogens is 427 g/mol. The lowest BCUT2D eigenvalue weighted by atomic mass is 10.2. The van der Waals surface area contributed by atoms with E-state index in [-0.39, 0.29) is 29.6 Å². The third-order valence-corrected chi connectivity index (χ3v) is 4.20. The van der Waals surface area contributed by atoms with Crippen molar-refractivity contribution in [1.82, 2.24) is 19.9 Å². The van der Waals surface area contributed by atoms with Crippen molar-refractivity contribution >= 4 is 34.9 Å². The summed E-state index contributed by atoms with van der Waals surface area (Å²) >= 11 is 5.85. The molecule has 158 valence electrons. The number of carbonyl (C=O) groups excluding carboxylic acids is 2. The molecule has 0 saturated carbocycles. The minimum Gasteiger partial charge on any atom is -0.462 e. The van der Waals surface area contributed by atoms with Crippen LogP contribution in [0.4, 0.5) is 23.7 Å². The molecule has 3 aromatic rings. The third kappa shape index (κ3) is 4.79. The Morgan fingerprint density at radius 1 is 1.20 bits per heavy atom. The number of urea groups is 1. The predicted molar refractivity (Wildman–Crippen MR) is 101 cm³/mol. The summed E-state index contributed by atoms with van der Waals surface area (Å²) in [7, 11) is 0. The molecule has 2 amide bonds. The molecule has 8 nitrogen and oxygen atoms in total. The fourth-order valence-corrected chi connectivity index (χ4v) is 2.76. The van der Waals surface area contributed by atoms with Crippen LogP contribution < -0.4 is 10.6 Å². The molecule has 0 aliphatic carbocycles. The summed E-state index contributed by atoms with van der Waals surface area (Å²) in [6.45, 7) is 1.73. The Morgan fingerprint density at radius 3 is 2.53 bits per heavy atom. The number of amides is 2. The van der Waals surface area contributed by atoms with Crippen molar-refractivity contribution in [2.24, 2.45) is 0 Å². The highest BCUT2D eigenvalue weighted by Crippen LogP contribution is 2.32. The molecule has 3 rings (SSSR count). The molecule has 0 spiro atoms. The zero-order chi connectivity index (χ0) is 21.9. The Hall–Kier alpha value is -3.34. The zero-order valence-electron chi connectivity index (χ0n) is 15.5. The van der Waals surface area contributed by atoms with E-state index in [0.717, 1.165) is 16.7 Å². The number of hydrogen-bond donors (Lipinski definition) is 2. The van der Waals surface area contributed by atoms with E-state index in [2.05, 4.69) is 20.8 Å². The first kappa shape index (κ1) is 21.4. The number of carbonyl (C=O) groups is 2. The summed E-state index contributed by atoms with van der Waals surface area (Å²) in [6.07, 6.45) is -3.79. The number of nitrogens with one attached hydrogen (secondary N) is 2. The van der Waals surface area contributed by atoms with Gasteiger partial charge in [0.15, 0.2) is 11.5 Å². The van der Waals surface area contributed by atoms with Crippen LogP contribution in [0.5, 0.6) is 0 Å². The van der Waals surface area contributed by atoms with Crippen molar-refractivity contribution in [3.05, 3.63) is 58.5 Å². The highest BCUT2D eigenvalue weighted by molar-refractivity contribution is 6.33. The van der Waals surface area contributed by atoms with Gasteiger partial charge in [0.2, 0.25) is 0 Å². The van der Waals surface area contributed by atoms with Gasteiger partial charge in [0, 0.05) is 11.9 Å². The Labute approximate surface area is 173 Å². The Bertz CT molecular complexity index is 1080. The van der Waals surface area contributed by atoms with Crippen molar-refractivity contribution in [3.63, 3.8) is 0 Å². The van der Waals surface area contributed by atoms with Gasteiger partial charge in [-0.05, 0) is 37.3 Å². The molecule has 0 atom stereocenters. The Balaban J connectivity index is 1.67. The first-order chi connectivity index (χ1) is 14.2. The molecule has 2 aromatic heterocycles. The number of halogens is 4. The molecule has 2 heterocycles. The van der Waals surface area contributed by atoms with Gasteiger partial charge in [-0.25, -0.2) is 9.59 Å². The SMILES string of the molecule is CCOC(=O)c1ccc(NC(=O)NCc2nnc3c(Cl)cc(C(F)(F)F)cn23)cc1. The van der Waals surface area contributed by atoms with E-state index in [1.165, 1.54) is 24.3 Å². The van der Waals surface area contributed by atoms with Crippen molar-refractivity contribution in [1.29, 1.82) is 0 Å². The van der Waals surface area contributed by atoms with Gasteiger partial charge in [-0.1, -0.05) is 11.6 Å². The average molecular weight is 442 g/mol. The molecule has 1 aromatic carbocycles. The summed E-state index contributed by atoms with van der Waals surface area (Å²) in [5.41, 5.74) is -0.201. The average Bonchev–Trinajstić information content (AvgIpc) is 3.10. The van der Waals surface area contributed by atoms with Crippen molar-refractivity contribution in [3.8, 4) is 0 Å². The number of benzene rings is 1. The quantitative estimate of drug-likeness (QED) is 0.585. The number of esters is 1. The number of alkyl halides is 3. The van der Waals surface area contributed by atoms with Gasteiger partial charge in [0.05, 0.1) is 29.3 Å². The van der Waals surface area contributed by atoms with Gasteiger partial charge in [-0.2, -0.15) is 13.2 Å². The molecular formula is C18H15ClF3N5O3. The van der Waals surface area contributed by atoms with E-state index in [4.69, 9.17) is 16.3 Å². The standard InChI is InChI=1S/C18H15ClF3N5O3/c1-2-30-16(28)10-3-5-12(6-4-10)24-17(29)23-8-14-25-26-15-13(19)7-11(9-27(14)15)18(20,21)22/h3-7,9H,2,8H2,1H3,(H2,23,24,29). The van der Waals surface area contributed by atoms with E-state index in [9.17, 15) is 22.8 Å². The first-order valence-electron chi connectivity index (χ1n) is 8.61. The molecule has 0 fully saturated rings. The van der Waals surface area contributed by atoms with Crippen LogP contribution in [0.15, 0.2) is 36.5 Å². The van der Waals surface area contributed by atoms with E-state index in [0.29, 0.717) is 11.3 Å². The van der Waals surface area contributed by atoms with Crippen LogP contribution in [0, 0.1) is 0 Å². The second-order valence-electron chi connectivity index (χ2n) is 5.99. The number of nitrogens with zero attached hydrogens (tertiary/aromatic N) is 3. The van der Waals surface area contributed by atoms with Gasteiger partial charge in [0.25, 0.3) is 0 Å². The van der Waals surface area contributed by atoms with Crippen molar-refractivity contribution < 1.29 is 27.5 Å². The second kappa shape index (κ2) is 8.57. The number of ether oxygens (including phenoxy) is 1. The number of anilines is 1. The molecule has 0 radical (unpaired) electrons. The fraction of sp³-hybridized carbons (Fsp3) is 0.222. The zero-order valence-corrected chi connectivity index (χ0v) is 16.2. The number of fused-ring (bicyclic) bond motifs is 1. The van der Waals surface area contributed by atoms with Crippen LogP contribution in [0.2, 0.25) is 5.02 Å². The van der Waals surface area contributed by atoms with E-state index in [1.807, 2.05) is 0 Å². The third-order valence-electron chi connectivity index (χ3n) is 3.92. The number of hydrogen-bond acceptors (Lipinski definition) is 5. The largest absolute Gasteiger partial charge is 0.462 e. The minimum atomic E-state index is -4.60. The van der Waals surface area contributed by atoms with Crippen LogP contribution in [-0.4, -0.2) is 33.2 Å². The van der Waals surface area contributed by atoms with Crippen molar-refractivity contribution in [2.45, 2.75) is 19.6 Å². The maximum Gasteiger partial charge on any atom is 0.417 e. The number of pyridine rings is 1. The minimum absolute atomic E-state index is 0.0384. The second-order valence-corrected chi connectivity index (χ2v) is 6.40. The molecule has 0 aliphatic heterocycles. The lowest BCUT2D eigenvalue weighted by molar-refractivity contribution is -0.137. The highest BCUT2D eigenvalue weighted by atomic mass is 35.5. The molecule has 2 N–H and O–H groups in total. The van der Waals surface area contributed by atoms with E-state index < -0.39 is 23.7 Å². The fourth-order valence-electron chi connectivity index (χ4n) is 2.51. The lowest BCUT2D eigenvalue weighted by Crippen LogP contribution is -2.29. The maximum atomic E-state index is 13.0. The molecule has 30 heavy (non-hydrogen) atoms. The highest BCUT2D eigenvalue weighted by Gasteiger charge is 2.32. The summed E-state index contributed by atoms with van der Waals surface area (Å²) in [5, 5.41) is 12.3. The summed E-state index contributed by atoms with van der Waals surface area (Å²) in [6, 6.07) is 6.12. The molecule has 12 heteroatoms. The normalized spacial score (nSPS) is 11.4. The first-order valence-corrected chi connectivity index (χ1v) is 8.99. The van der Waals surface area contributed by atoms with Crippen LogP contribution in [0.25, 0.3) is 5.65 Å². The topological polar surface area (TPSA) is 97.6 Å². The molecule has 0 bridgehead atoms. The van der Waals surface area contributed by atoms with Crippen LogP contribution in [0.3, 0.4) is 0 Å². The lowest BCUT2D eigenvalue weighted by Gasteiger charge is -2.10. The Kier molecular flexibility index (Phi) is 6.11. The number of aromatic nitrogens is 3. The smallest absolute Gasteiger partial charge is 0.417 e. The van der Waals surface area contributed by atoms with E-state index >= 15 is 0 Å². The van der Waals surface area contributed by atoms with Gasteiger partial charge in [0.1, 0.15) is 0 Å². The van der Waals surface area contributed by atoms with E-state index in [1.54, 1.807) is 6.92 Å². The van der Waals surface area contributed by atoms with Crippen LogP contribution in [-0.2, 0) is 17.5 Å². The summed E-state index contributed by atoms with van der Waals surface area (Å²) < 4.78 is 44.9. The summed E-state index contributed by atoms with van der Waals surface area (Å²) in [5.74, 6) is -0.421. The molecule has 0 unspecified atom stereocenters. The van der Waals surface area contributed by atoms with Gasteiger partial charge < -0.3 is 15.4 Å². The monoisotopic (exact) mass is 441 g/mol. The van der Waals surface area contributed by atoms with Crippen molar-refractivity contribution in [2.75, 3.05) is 11.9 Å². The summed E-state index contributed by atoms with van der Waals surface area (Å²) in [4.78, 5) is 23.7. The molecule has 0 aliphatic rings. The predicted octanol–water partition coefficient (Wildman–Crippen LogP) is 3.90. The van der Waals surface area contributed by atoms with Gasteiger partial charge in [-0.3, -0.25) is 4.40 Å².